The molecular formula is C17H15ClN4O3S2. The minimum absolute atomic E-state index is 0.169. The van der Waals surface area contributed by atoms with Crippen molar-refractivity contribution < 1.29 is 13.2 Å². The Morgan fingerprint density at radius 3 is 2.63 bits per heavy atom. The predicted octanol–water partition coefficient (Wildman–Crippen LogP) is 3.54. The number of pyridine rings is 2. The van der Waals surface area contributed by atoms with Crippen molar-refractivity contribution in [3.8, 4) is 11.1 Å². The molecule has 10 heteroatoms. The first-order valence-electron chi connectivity index (χ1n) is 7.72. The van der Waals surface area contributed by atoms with Crippen molar-refractivity contribution in [3.05, 3.63) is 58.5 Å². The molecule has 1 N–H and O–H groups in total. The lowest BCUT2D eigenvalue weighted by Crippen LogP contribution is -2.18. The third-order valence-electron chi connectivity index (χ3n) is 3.82. The van der Waals surface area contributed by atoms with Crippen LogP contribution < -0.4 is 5.32 Å². The fraction of sp³-hybridized carbons (Fsp3) is 0.118. The van der Waals surface area contributed by atoms with E-state index in [1.54, 1.807) is 37.4 Å². The van der Waals surface area contributed by atoms with Gasteiger partial charge in [-0.2, -0.15) is 0 Å². The van der Waals surface area contributed by atoms with Crippen LogP contribution in [0, 0.1) is 6.92 Å². The van der Waals surface area contributed by atoms with Crippen molar-refractivity contribution in [2.75, 3.05) is 12.4 Å². The molecule has 0 aliphatic heterocycles. The molecule has 0 aromatic carbocycles. The lowest BCUT2D eigenvalue weighted by Gasteiger charge is -2.13. The van der Waals surface area contributed by atoms with Gasteiger partial charge in [0.25, 0.3) is 15.9 Å². The number of hydrogen-bond donors (Lipinski definition) is 1. The van der Waals surface area contributed by atoms with Gasteiger partial charge in [0.2, 0.25) is 0 Å². The Morgan fingerprint density at radius 1 is 1.22 bits per heavy atom. The van der Waals surface area contributed by atoms with E-state index in [4.69, 9.17) is 11.8 Å². The zero-order valence-electron chi connectivity index (χ0n) is 14.4. The van der Waals surface area contributed by atoms with Crippen LogP contribution in [0.4, 0.5) is 5.82 Å². The van der Waals surface area contributed by atoms with Gasteiger partial charge in [-0.05, 0) is 65.0 Å². The third kappa shape index (κ3) is 4.01. The number of halogens is 1. The van der Waals surface area contributed by atoms with Crippen LogP contribution >= 0.6 is 23.1 Å². The molecule has 0 saturated heterocycles. The summed E-state index contributed by atoms with van der Waals surface area (Å²) >= 11 is 6.95. The third-order valence-corrected chi connectivity index (χ3v) is 6.65. The Morgan fingerprint density at radius 2 is 1.96 bits per heavy atom. The van der Waals surface area contributed by atoms with Gasteiger partial charge in [-0.15, -0.1) is 15.2 Å². The van der Waals surface area contributed by atoms with Crippen LogP contribution in [0.1, 0.15) is 15.2 Å². The summed E-state index contributed by atoms with van der Waals surface area (Å²) in [6.45, 7) is 1.80. The fourth-order valence-electron chi connectivity index (χ4n) is 2.40. The Bertz CT molecular complexity index is 1080. The number of aromatic nitrogens is 2. The summed E-state index contributed by atoms with van der Waals surface area (Å²) in [5.74, 6) is 0.154. The Hall–Kier alpha value is -2.33. The number of rotatable bonds is 5. The van der Waals surface area contributed by atoms with Gasteiger partial charge >= 0.3 is 0 Å². The second kappa shape index (κ2) is 7.73. The molecule has 3 rings (SSSR count). The van der Waals surface area contributed by atoms with E-state index in [-0.39, 0.29) is 10.9 Å². The highest BCUT2D eigenvalue weighted by Crippen LogP contribution is 2.29. The van der Waals surface area contributed by atoms with Gasteiger partial charge in [0.1, 0.15) is 5.82 Å². The molecule has 0 aliphatic rings. The molecule has 0 bridgehead atoms. The van der Waals surface area contributed by atoms with Crippen molar-refractivity contribution in [2.45, 2.75) is 11.9 Å². The molecule has 140 valence electrons. The molecule has 27 heavy (non-hydrogen) atoms. The molecule has 0 fully saturated rings. The minimum atomic E-state index is -3.88. The summed E-state index contributed by atoms with van der Waals surface area (Å²) in [7, 11) is -2.65. The van der Waals surface area contributed by atoms with E-state index in [0.717, 1.165) is 5.56 Å². The normalized spacial score (nSPS) is 11.6. The Kier molecular flexibility index (Phi) is 5.56. The summed E-state index contributed by atoms with van der Waals surface area (Å²) in [5.41, 5.74) is 2.05. The van der Waals surface area contributed by atoms with Gasteiger partial charge in [-0.1, -0.05) is 6.07 Å². The molecule has 0 aliphatic carbocycles. The lowest BCUT2D eigenvalue weighted by molar-refractivity contribution is 0.103. The van der Waals surface area contributed by atoms with Crippen molar-refractivity contribution in [2.24, 2.45) is 0 Å². The van der Waals surface area contributed by atoms with Gasteiger partial charge in [-0.25, -0.2) is 18.4 Å². The topological polar surface area (TPSA) is 92.3 Å². The van der Waals surface area contributed by atoms with E-state index in [0.29, 0.717) is 25.6 Å². The summed E-state index contributed by atoms with van der Waals surface area (Å²) < 4.78 is 25.0. The monoisotopic (exact) mass is 422 g/mol. The number of thiophene rings is 1. The molecule has 0 radical (unpaired) electrons. The van der Waals surface area contributed by atoms with Gasteiger partial charge in [0, 0.05) is 19.4 Å². The standard InChI is InChI=1S/C17H15ClN4O3S2/c1-11-13(12-5-7-19-15(10-12)27(24,25)22(2)18)6-8-20-16(11)21-17(23)14-4-3-9-26-14/h3-10H,1-2H3,(H,20,21,23). The van der Waals surface area contributed by atoms with Crippen LogP contribution in [0.2, 0.25) is 0 Å². The smallest absolute Gasteiger partial charge is 0.273 e. The van der Waals surface area contributed by atoms with Gasteiger partial charge in [0.05, 0.1) is 4.88 Å². The Labute approximate surface area is 165 Å². The quantitative estimate of drug-likeness (QED) is 0.635. The number of sulfonamides is 1. The molecular weight excluding hydrogens is 408 g/mol. The number of carbonyl (C=O) groups excluding carboxylic acids is 1. The van der Waals surface area contributed by atoms with E-state index >= 15 is 0 Å². The number of nitrogens with zero attached hydrogens (tertiary/aromatic N) is 3. The molecule has 0 spiro atoms. The SMILES string of the molecule is Cc1c(-c2ccnc(S(=O)(=O)N(C)Cl)c2)ccnc1NC(=O)c1cccs1. The van der Waals surface area contributed by atoms with E-state index in [2.05, 4.69) is 15.3 Å². The highest BCUT2D eigenvalue weighted by molar-refractivity contribution is 7.89. The highest BCUT2D eigenvalue weighted by atomic mass is 35.5. The van der Waals surface area contributed by atoms with Gasteiger partial charge < -0.3 is 5.32 Å². The van der Waals surface area contributed by atoms with E-state index in [1.807, 2.05) is 5.38 Å². The number of hydrogen-bond acceptors (Lipinski definition) is 6. The predicted molar refractivity (Wildman–Crippen MR) is 105 cm³/mol. The van der Waals surface area contributed by atoms with Crippen LogP contribution in [0.3, 0.4) is 0 Å². The minimum Gasteiger partial charge on any atom is -0.306 e. The number of anilines is 1. The molecule has 1 amide bonds. The average molecular weight is 423 g/mol. The number of nitrogens with one attached hydrogen (secondary N) is 1. The Balaban J connectivity index is 1.98. The largest absolute Gasteiger partial charge is 0.306 e. The molecule has 3 aromatic rings. The second-order valence-corrected chi connectivity index (χ2v) is 9.11. The molecule has 3 aromatic heterocycles. The highest BCUT2D eigenvalue weighted by Gasteiger charge is 2.22. The number of amides is 1. The molecule has 0 saturated carbocycles. The number of carbonyl (C=O) groups is 1. The summed E-state index contributed by atoms with van der Waals surface area (Å²) in [6, 6.07) is 8.37. The first-order valence-corrected chi connectivity index (χ1v) is 10.4. The van der Waals surface area contributed by atoms with Crippen LogP contribution in [0.5, 0.6) is 0 Å². The first-order chi connectivity index (χ1) is 12.8. The summed E-state index contributed by atoms with van der Waals surface area (Å²) in [5, 5.41) is 4.43. The van der Waals surface area contributed by atoms with E-state index in [1.165, 1.54) is 30.6 Å². The van der Waals surface area contributed by atoms with Crippen LogP contribution in [-0.2, 0) is 10.0 Å². The zero-order chi connectivity index (χ0) is 19.6. The summed E-state index contributed by atoms with van der Waals surface area (Å²) in [4.78, 5) is 21.0. The summed E-state index contributed by atoms with van der Waals surface area (Å²) in [6.07, 6.45) is 2.95. The van der Waals surface area contributed by atoms with Crippen molar-refractivity contribution >= 4 is 44.9 Å². The lowest BCUT2D eigenvalue weighted by atomic mass is 10.0. The van der Waals surface area contributed by atoms with Gasteiger partial charge in [-0.3, -0.25) is 4.79 Å². The van der Waals surface area contributed by atoms with Crippen LogP contribution in [-0.4, -0.2) is 35.2 Å². The van der Waals surface area contributed by atoms with Gasteiger partial charge in [0.15, 0.2) is 5.03 Å². The molecule has 0 unspecified atom stereocenters. The average Bonchev–Trinajstić information content (AvgIpc) is 3.18. The second-order valence-electron chi connectivity index (χ2n) is 5.54. The maximum Gasteiger partial charge on any atom is 0.273 e. The molecule has 0 atom stereocenters. The molecule has 3 heterocycles. The maximum absolute atomic E-state index is 12.3. The van der Waals surface area contributed by atoms with Crippen molar-refractivity contribution in [1.29, 1.82) is 0 Å². The fourth-order valence-corrected chi connectivity index (χ4v) is 3.96. The van der Waals surface area contributed by atoms with Crippen LogP contribution in [0.25, 0.3) is 11.1 Å². The zero-order valence-corrected chi connectivity index (χ0v) is 16.8. The van der Waals surface area contributed by atoms with Crippen molar-refractivity contribution in [3.63, 3.8) is 0 Å². The van der Waals surface area contributed by atoms with E-state index in [9.17, 15) is 13.2 Å². The molecule has 7 nitrogen and oxygen atoms in total. The van der Waals surface area contributed by atoms with Crippen molar-refractivity contribution in [1.82, 2.24) is 13.8 Å². The van der Waals surface area contributed by atoms with Crippen LogP contribution in [0.15, 0.2) is 53.1 Å². The maximum atomic E-state index is 12.3. The first kappa shape index (κ1) is 19.4. The van der Waals surface area contributed by atoms with E-state index < -0.39 is 10.0 Å².